The van der Waals surface area contributed by atoms with E-state index in [0.29, 0.717) is 11.8 Å². The quantitative estimate of drug-likeness (QED) is 0.923. The van der Waals surface area contributed by atoms with Gasteiger partial charge in [0.15, 0.2) is 0 Å². The molecule has 0 unspecified atom stereocenters. The predicted octanol–water partition coefficient (Wildman–Crippen LogP) is 3.53. The molecule has 130 valence electrons. The van der Waals surface area contributed by atoms with Crippen LogP contribution in [0, 0.1) is 5.92 Å². The maximum atomic E-state index is 12.5. The lowest BCUT2D eigenvalue weighted by atomic mass is 9.80. The number of piperidine rings is 3. The van der Waals surface area contributed by atoms with Crippen LogP contribution in [0.5, 0.6) is 0 Å². The van der Waals surface area contributed by atoms with Crippen LogP contribution in [0.1, 0.15) is 50.0 Å². The lowest BCUT2D eigenvalue weighted by Gasteiger charge is -2.44. The van der Waals surface area contributed by atoms with Gasteiger partial charge in [-0.15, -0.1) is 0 Å². The zero-order valence-electron chi connectivity index (χ0n) is 14.3. The molecule has 4 nitrogen and oxygen atoms in total. The standard InChI is InChI=1S/C20H28N2O2/c23-20(24-19-14-22-12-10-16(19)11-13-22)21-18-9-5-4-8-17(18)15-6-2-1-3-7-15/h1-3,6-7,16-19H,4-5,8-14H2,(H,21,23)/t17-,18+,19+/m1/s1. The molecule has 1 aliphatic carbocycles. The number of rotatable bonds is 3. The van der Waals surface area contributed by atoms with E-state index in [0.717, 1.165) is 19.4 Å². The van der Waals surface area contributed by atoms with Gasteiger partial charge in [0.25, 0.3) is 0 Å². The SMILES string of the molecule is O=C(N[C@H]1CCCC[C@@H]1c1ccccc1)O[C@H]1CN2CCC1CC2. The number of amides is 1. The average Bonchev–Trinajstić information content (AvgIpc) is 2.64. The number of carbonyl (C=O) groups excluding carboxylic acids is 1. The van der Waals surface area contributed by atoms with Crippen LogP contribution in [0.2, 0.25) is 0 Å². The van der Waals surface area contributed by atoms with Crippen LogP contribution in [0.25, 0.3) is 0 Å². The maximum absolute atomic E-state index is 12.5. The molecule has 4 fully saturated rings. The number of hydrogen-bond donors (Lipinski definition) is 1. The van der Waals surface area contributed by atoms with Crippen LogP contribution < -0.4 is 5.32 Å². The molecule has 5 rings (SSSR count). The van der Waals surface area contributed by atoms with E-state index in [1.807, 2.05) is 0 Å². The van der Waals surface area contributed by atoms with E-state index < -0.39 is 0 Å². The lowest BCUT2D eigenvalue weighted by molar-refractivity contribution is -0.0343. The summed E-state index contributed by atoms with van der Waals surface area (Å²) < 4.78 is 5.82. The van der Waals surface area contributed by atoms with Gasteiger partial charge in [-0.1, -0.05) is 43.2 Å². The number of ether oxygens (including phenoxy) is 1. The van der Waals surface area contributed by atoms with Crippen molar-refractivity contribution >= 4 is 6.09 Å². The second kappa shape index (κ2) is 7.14. The van der Waals surface area contributed by atoms with Crippen molar-refractivity contribution in [1.29, 1.82) is 0 Å². The van der Waals surface area contributed by atoms with Crippen molar-refractivity contribution in [2.45, 2.75) is 56.6 Å². The minimum atomic E-state index is -0.207. The fraction of sp³-hybridized carbons (Fsp3) is 0.650. The number of nitrogens with zero attached hydrogens (tertiary/aromatic N) is 1. The first-order chi connectivity index (χ1) is 11.8. The van der Waals surface area contributed by atoms with Gasteiger partial charge in [-0.25, -0.2) is 4.79 Å². The monoisotopic (exact) mass is 328 g/mol. The summed E-state index contributed by atoms with van der Waals surface area (Å²) in [4.78, 5) is 14.9. The first kappa shape index (κ1) is 15.9. The molecule has 4 aliphatic rings. The van der Waals surface area contributed by atoms with E-state index in [1.165, 1.54) is 44.3 Å². The summed E-state index contributed by atoms with van der Waals surface area (Å²) in [6.45, 7) is 3.26. The van der Waals surface area contributed by atoms with Crippen LogP contribution >= 0.6 is 0 Å². The van der Waals surface area contributed by atoms with Gasteiger partial charge in [-0.2, -0.15) is 0 Å². The molecule has 0 radical (unpaired) electrons. The van der Waals surface area contributed by atoms with Crippen molar-refractivity contribution in [1.82, 2.24) is 10.2 Å². The first-order valence-corrected chi connectivity index (χ1v) is 9.54. The summed E-state index contributed by atoms with van der Waals surface area (Å²) in [7, 11) is 0. The summed E-state index contributed by atoms with van der Waals surface area (Å²) in [5, 5.41) is 3.19. The van der Waals surface area contributed by atoms with Crippen LogP contribution in [0.3, 0.4) is 0 Å². The van der Waals surface area contributed by atoms with Gasteiger partial charge in [0, 0.05) is 18.5 Å². The topological polar surface area (TPSA) is 41.6 Å². The van der Waals surface area contributed by atoms with E-state index in [4.69, 9.17) is 4.74 Å². The van der Waals surface area contributed by atoms with Crippen LogP contribution in [0.4, 0.5) is 4.79 Å². The third kappa shape index (κ3) is 3.44. The summed E-state index contributed by atoms with van der Waals surface area (Å²) in [5.41, 5.74) is 1.34. The molecule has 3 heterocycles. The summed E-state index contributed by atoms with van der Waals surface area (Å²) >= 11 is 0. The molecule has 3 saturated heterocycles. The Labute approximate surface area is 144 Å². The van der Waals surface area contributed by atoms with Crippen molar-refractivity contribution < 1.29 is 9.53 Å². The zero-order chi connectivity index (χ0) is 16.4. The highest BCUT2D eigenvalue weighted by molar-refractivity contribution is 5.68. The zero-order valence-corrected chi connectivity index (χ0v) is 14.3. The molecule has 2 bridgehead atoms. The smallest absolute Gasteiger partial charge is 0.407 e. The fourth-order valence-corrected chi connectivity index (χ4v) is 4.77. The molecule has 1 saturated carbocycles. The Hall–Kier alpha value is -1.55. The Kier molecular flexibility index (Phi) is 4.74. The normalized spacial score (nSPS) is 35.4. The highest BCUT2D eigenvalue weighted by Crippen LogP contribution is 2.33. The van der Waals surface area contributed by atoms with Crippen molar-refractivity contribution in [3.8, 4) is 0 Å². The van der Waals surface area contributed by atoms with Gasteiger partial charge in [-0.3, -0.25) is 4.90 Å². The van der Waals surface area contributed by atoms with Crippen molar-refractivity contribution in [3.63, 3.8) is 0 Å². The second-order valence-electron chi connectivity index (χ2n) is 7.63. The van der Waals surface area contributed by atoms with E-state index in [-0.39, 0.29) is 18.2 Å². The lowest BCUT2D eigenvalue weighted by Crippen LogP contribution is -2.53. The van der Waals surface area contributed by atoms with E-state index in [2.05, 4.69) is 40.5 Å². The summed E-state index contributed by atoms with van der Waals surface area (Å²) in [6.07, 6.45) is 6.86. The van der Waals surface area contributed by atoms with Gasteiger partial charge >= 0.3 is 6.09 Å². The summed E-state index contributed by atoms with van der Waals surface area (Å²) in [5.74, 6) is 0.982. The molecule has 3 aliphatic heterocycles. The molecule has 24 heavy (non-hydrogen) atoms. The molecule has 0 aromatic heterocycles. The molecular weight excluding hydrogens is 300 g/mol. The number of benzene rings is 1. The third-order valence-corrected chi connectivity index (χ3v) is 6.15. The Morgan fingerprint density at radius 1 is 1.04 bits per heavy atom. The summed E-state index contributed by atoms with van der Waals surface area (Å²) in [6, 6.07) is 10.8. The third-order valence-electron chi connectivity index (χ3n) is 6.15. The fourth-order valence-electron chi connectivity index (χ4n) is 4.77. The van der Waals surface area contributed by atoms with Crippen LogP contribution in [0.15, 0.2) is 30.3 Å². The Bertz CT molecular complexity index is 554. The molecule has 3 atom stereocenters. The predicted molar refractivity (Wildman–Crippen MR) is 94.0 cm³/mol. The molecule has 0 spiro atoms. The van der Waals surface area contributed by atoms with E-state index >= 15 is 0 Å². The molecule has 1 aromatic rings. The number of carbonyl (C=O) groups is 1. The van der Waals surface area contributed by atoms with Gasteiger partial charge in [0.1, 0.15) is 6.10 Å². The van der Waals surface area contributed by atoms with E-state index in [9.17, 15) is 4.79 Å². The van der Waals surface area contributed by atoms with Crippen molar-refractivity contribution in [2.24, 2.45) is 5.92 Å². The Morgan fingerprint density at radius 2 is 1.79 bits per heavy atom. The number of alkyl carbamates (subject to hydrolysis) is 1. The largest absolute Gasteiger partial charge is 0.445 e. The van der Waals surface area contributed by atoms with Gasteiger partial charge in [-0.05, 0) is 50.3 Å². The molecule has 4 heteroatoms. The highest BCUT2D eigenvalue weighted by Gasteiger charge is 2.37. The molecule has 1 amide bonds. The van der Waals surface area contributed by atoms with Gasteiger partial charge in [0.2, 0.25) is 0 Å². The second-order valence-corrected chi connectivity index (χ2v) is 7.63. The number of hydrogen-bond acceptors (Lipinski definition) is 3. The minimum absolute atomic E-state index is 0.0891. The molecular formula is C20H28N2O2. The number of nitrogens with one attached hydrogen (secondary N) is 1. The van der Waals surface area contributed by atoms with Gasteiger partial charge < -0.3 is 10.1 Å². The van der Waals surface area contributed by atoms with Crippen molar-refractivity contribution in [2.75, 3.05) is 19.6 Å². The minimum Gasteiger partial charge on any atom is -0.445 e. The molecule has 1 aromatic carbocycles. The first-order valence-electron chi connectivity index (χ1n) is 9.54. The van der Waals surface area contributed by atoms with Crippen molar-refractivity contribution in [3.05, 3.63) is 35.9 Å². The molecule has 1 N–H and O–H groups in total. The Balaban J connectivity index is 1.37. The van der Waals surface area contributed by atoms with E-state index in [1.54, 1.807) is 0 Å². The van der Waals surface area contributed by atoms with Gasteiger partial charge in [0.05, 0.1) is 0 Å². The maximum Gasteiger partial charge on any atom is 0.407 e. The highest BCUT2D eigenvalue weighted by atomic mass is 16.6. The average molecular weight is 328 g/mol. The van der Waals surface area contributed by atoms with Crippen LogP contribution in [-0.4, -0.2) is 42.8 Å². The van der Waals surface area contributed by atoms with Crippen LogP contribution in [-0.2, 0) is 4.74 Å². The Morgan fingerprint density at radius 3 is 2.50 bits per heavy atom. The number of fused-ring (bicyclic) bond motifs is 3.